The lowest BCUT2D eigenvalue weighted by Gasteiger charge is -2.15. The summed E-state index contributed by atoms with van der Waals surface area (Å²) >= 11 is 0. The lowest BCUT2D eigenvalue weighted by molar-refractivity contribution is -0.138. The molecule has 0 saturated carbocycles. The molecule has 2 aromatic carbocycles. The van der Waals surface area contributed by atoms with Gasteiger partial charge in [0.05, 0.1) is 11.1 Å². The first-order valence-corrected chi connectivity index (χ1v) is 9.92. The maximum Gasteiger partial charge on any atom is 0.416 e. The minimum absolute atomic E-state index is 0.0374. The first kappa shape index (κ1) is 22.6. The Hall–Kier alpha value is -3.13. The molecule has 0 bridgehead atoms. The average Bonchev–Trinajstić information content (AvgIpc) is 2.95. The molecule has 0 aromatic heterocycles. The Morgan fingerprint density at radius 2 is 1.74 bits per heavy atom. The Labute approximate surface area is 178 Å². The molecule has 0 atom stereocenters. The minimum Gasteiger partial charge on any atom is -0.382 e. The average molecular weight is 432 g/mol. The van der Waals surface area contributed by atoms with Crippen molar-refractivity contribution in [3.05, 3.63) is 70.9 Å². The van der Waals surface area contributed by atoms with Crippen molar-refractivity contribution >= 4 is 23.1 Å². The third-order valence-corrected chi connectivity index (χ3v) is 4.84. The smallest absolute Gasteiger partial charge is 0.382 e. The zero-order chi connectivity index (χ0) is 22.6. The first-order valence-electron chi connectivity index (χ1n) is 9.92. The van der Waals surface area contributed by atoms with E-state index < -0.39 is 23.6 Å². The van der Waals surface area contributed by atoms with Crippen molar-refractivity contribution in [1.29, 1.82) is 0 Å². The Bertz CT molecular complexity index is 998. The summed E-state index contributed by atoms with van der Waals surface area (Å²) < 4.78 is 44.5. The number of hydrogen-bond acceptors (Lipinski definition) is 4. The van der Waals surface area contributed by atoms with Gasteiger partial charge in [0, 0.05) is 25.4 Å². The van der Waals surface area contributed by atoms with E-state index in [-0.39, 0.29) is 23.5 Å². The summed E-state index contributed by atoms with van der Waals surface area (Å²) in [6.45, 7) is 4.81. The fourth-order valence-electron chi connectivity index (χ4n) is 3.27. The van der Waals surface area contributed by atoms with E-state index in [1.54, 1.807) is 24.3 Å². The third-order valence-electron chi connectivity index (χ3n) is 4.84. The third kappa shape index (κ3) is 5.14. The van der Waals surface area contributed by atoms with Gasteiger partial charge >= 0.3 is 6.18 Å². The van der Waals surface area contributed by atoms with Crippen LogP contribution < -0.4 is 5.32 Å². The lowest BCUT2D eigenvalue weighted by Crippen LogP contribution is -2.34. The molecule has 3 rings (SSSR count). The zero-order valence-corrected chi connectivity index (χ0v) is 17.3. The molecule has 0 aliphatic carbocycles. The van der Waals surface area contributed by atoms with Crippen LogP contribution in [0.5, 0.6) is 0 Å². The van der Waals surface area contributed by atoms with Crippen LogP contribution >= 0.6 is 0 Å². The SMILES string of the molecule is CCOCCCN1C(=O)C(Nc2cccc(C(F)(F)F)c2)=C(c2ccc(C)cc2)C1=O. The second-order valence-corrected chi connectivity index (χ2v) is 7.13. The molecule has 2 aromatic rings. The highest BCUT2D eigenvalue weighted by molar-refractivity contribution is 6.36. The minimum atomic E-state index is -4.52. The molecule has 0 fully saturated rings. The van der Waals surface area contributed by atoms with Gasteiger partial charge in [-0.1, -0.05) is 35.9 Å². The number of rotatable bonds is 8. The Kier molecular flexibility index (Phi) is 6.80. The van der Waals surface area contributed by atoms with Crippen LogP contribution in [0.25, 0.3) is 5.57 Å². The maximum atomic E-state index is 13.1. The molecule has 1 heterocycles. The molecule has 164 valence electrons. The highest BCUT2D eigenvalue weighted by Gasteiger charge is 2.39. The predicted molar refractivity (Wildman–Crippen MR) is 111 cm³/mol. The number of anilines is 1. The number of benzene rings is 2. The summed E-state index contributed by atoms with van der Waals surface area (Å²) in [5.41, 5.74) is 0.823. The van der Waals surface area contributed by atoms with Crippen molar-refractivity contribution in [1.82, 2.24) is 4.90 Å². The molecule has 8 heteroatoms. The van der Waals surface area contributed by atoms with Gasteiger partial charge in [-0.05, 0) is 44.0 Å². The second-order valence-electron chi connectivity index (χ2n) is 7.13. The van der Waals surface area contributed by atoms with Crippen LogP contribution in [-0.4, -0.2) is 36.5 Å². The predicted octanol–water partition coefficient (Wildman–Crippen LogP) is 4.63. The van der Waals surface area contributed by atoms with Crippen molar-refractivity contribution in [2.75, 3.05) is 25.1 Å². The van der Waals surface area contributed by atoms with Gasteiger partial charge in [0.1, 0.15) is 5.70 Å². The van der Waals surface area contributed by atoms with E-state index in [4.69, 9.17) is 4.74 Å². The molecular weight excluding hydrogens is 409 g/mol. The summed E-state index contributed by atoms with van der Waals surface area (Å²) in [6, 6.07) is 11.6. The fourth-order valence-corrected chi connectivity index (χ4v) is 3.27. The van der Waals surface area contributed by atoms with E-state index >= 15 is 0 Å². The number of carbonyl (C=O) groups excluding carboxylic acids is 2. The normalized spacial score (nSPS) is 14.5. The largest absolute Gasteiger partial charge is 0.416 e. The number of amides is 2. The lowest BCUT2D eigenvalue weighted by atomic mass is 10.0. The van der Waals surface area contributed by atoms with E-state index in [1.165, 1.54) is 12.1 Å². The van der Waals surface area contributed by atoms with E-state index in [0.29, 0.717) is 25.2 Å². The van der Waals surface area contributed by atoms with Crippen molar-refractivity contribution in [3.8, 4) is 0 Å². The monoisotopic (exact) mass is 432 g/mol. The standard InChI is InChI=1S/C23H23F3N2O3/c1-3-31-13-5-12-28-21(29)19(16-10-8-15(2)9-11-16)20(22(28)30)27-18-7-4-6-17(14-18)23(24,25)26/h4,6-11,14,27H,3,5,12-13H2,1-2H3. The van der Waals surface area contributed by atoms with Gasteiger partial charge in [-0.3, -0.25) is 14.5 Å². The summed E-state index contributed by atoms with van der Waals surface area (Å²) in [5, 5.41) is 2.76. The first-order chi connectivity index (χ1) is 14.7. The number of aryl methyl sites for hydroxylation is 1. The summed E-state index contributed by atoms with van der Waals surface area (Å²) in [5.74, 6) is -1.06. The fraction of sp³-hybridized carbons (Fsp3) is 0.304. The molecule has 1 N–H and O–H groups in total. The van der Waals surface area contributed by atoms with E-state index in [2.05, 4.69) is 5.32 Å². The van der Waals surface area contributed by atoms with Crippen LogP contribution in [0.3, 0.4) is 0 Å². The second kappa shape index (κ2) is 9.34. The van der Waals surface area contributed by atoms with E-state index in [0.717, 1.165) is 22.6 Å². The van der Waals surface area contributed by atoms with E-state index in [1.807, 2.05) is 13.8 Å². The van der Waals surface area contributed by atoms with Gasteiger partial charge in [-0.15, -0.1) is 0 Å². The molecule has 1 aliphatic heterocycles. The van der Waals surface area contributed by atoms with Crippen LogP contribution in [-0.2, 0) is 20.5 Å². The number of carbonyl (C=O) groups is 2. The van der Waals surface area contributed by atoms with Gasteiger partial charge in [0.15, 0.2) is 0 Å². The number of hydrogen-bond donors (Lipinski definition) is 1. The maximum absolute atomic E-state index is 13.1. The number of nitrogens with zero attached hydrogens (tertiary/aromatic N) is 1. The highest BCUT2D eigenvalue weighted by atomic mass is 19.4. The number of halogens is 3. The highest BCUT2D eigenvalue weighted by Crippen LogP contribution is 2.34. The topological polar surface area (TPSA) is 58.6 Å². The number of alkyl halides is 3. The van der Waals surface area contributed by atoms with Gasteiger partial charge in [0.25, 0.3) is 11.8 Å². The van der Waals surface area contributed by atoms with Crippen LogP contribution in [0.1, 0.15) is 30.0 Å². The molecule has 0 saturated heterocycles. The molecule has 0 unspecified atom stereocenters. The summed E-state index contributed by atoms with van der Waals surface area (Å²) in [6.07, 6.45) is -4.06. The van der Waals surface area contributed by atoms with Crippen LogP contribution in [0.4, 0.5) is 18.9 Å². The quantitative estimate of drug-likeness (QED) is 0.488. The van der Waals surface area contributed by atoms with Gasteiger partial charge in [-0.2, -0.15) is 13.2 Å². The Morgan fingerprint density at radius 1 is 1.03 bits per heavy atom. The van der Waals surface area contributed by atoms with Crippen LogP contribution in [0, 0.1) is 6.92 Å². The van der Waals surface area contributed by atoms with Crippen LogP contribution in [0.15, 0.2) is 54.2 Å². The molecule has 1 aliphatic rings. The van der Waals surface area contributed by atoms with Crippen molar-refractivity contribution in [3.63, 3.8) is 0 Å². The van der Waals surface area contributed by atoms with Crippen LogP contribution in [0.2, 0.25) is 0 Å². The van der Waals surface area contributed by atoms with Gasteiger partial charge in [-0.25, -0.2) is 0 Å². The molecular formula is C23H23F3N2O3. The summed E-state index contributed by atoms with van der Waals surface area (Å²) in [7, 11) is 0. The number of imide groups is 1. The van der Waals surface area contributed by atoms with Crippen molar-refractivity contribution < 1.29 is 27.5 Å². The Morgan fingerprint density at radius 3 is 2.39 bits per heavy atom. The summed E-state index contributed by atoms with van der Waals surface area (Å²) in [4.78, 5) is 27.2. The number of ether oxygens (including phenoxy) is 1. The molecule has 31 heavy (non-hydrogen) atoms. The molecule has 2 amide bonds. The number of nitrogens with one attached hydrogen (secondary N) is 1. The molecule has 5 nitrogen and oxygen atoms in total. The molecule has 0 radical (unpaired) electrons. The molecule has 0 spiro atoms. The zero-order valence-electron chi connectivity index (χ0n) is 17.3. The Balaban J connectivity index is 1.96. The van der Waals surface area contributed by atoms with Crippen molar-refractivity contribution in [2.45, 2.75) is 26.4 Å². The van der Waals surface area contributed by atoms with Crippen molar-refractivity contribution in [2.24, 2.45) is 0 Å². The van der Waals surface area contributed by atoms with E-state index in [9.17, 15) is 22.8 Å². The van der Waals surface area contributed by atoms with Gasteiger partial charge < -0.3 is 10.1 Å². The van der Waals surface area contributed by atoms with Gasteiger partial charge in [0.2, 0.25) is 0 Å².